The van der Waals surface area contributed by atoms with E-state index >= 15 is 0 Å². The quantitative estimate of drug-likeness (QED) is 0.399. The van der Waals surface area contributed by atoms with Crippen molar-refractivity contribution in [3.05, 3.63) is 24.1 Å². The number of halogens is 1. The van der Waals surface area contributed by atoms with E-state index in [1.807, 2.05) is 4.90 Å². The van der Waals surface area contributed by atoms with Crippen LogP contribution >= 0.6 is 0 Å². The highest BCUT2D eigenvalue weighted by Gasteiger charge is 2.25. The van der Waals surface area contributed by atoms with Crippen molar-refractivity contribution in [2.24, 2.45) is 4.99 Å². The van der Waals surface area contributed by atoms with Gasteiger partial charge in [0.15, 0.2) is 17.6 Å². The first-order chi connectivity index (χ1) is 12.7. The normalized spacial score (nSPS) is 17.8. The van der Waals surface area contributed by atoms with Crippen LogP contribution in [0, 0.1) is 5.82 Å². The van der Waals surface area contributed by atoms with Crippen molar-refractivity contribution in [3.8, 4) is 0 Å². The second kappa shape index (κ2) is 11.0. The first-order valence-electron chi connectivity index (χ1n) is 9.80. The number of pyridine rings is 1. The number of guanidine groups is 1. The maximum Gasteiger partial charge on any atom is 0.191 e. The molecule has 1 aromatic rings. The van der Waals surface area contributed by atoms with Gasteiger partial charge in [-0.1, -0.05) is 13.8 Å². The van der Waals surface area contributed by atoms with Gasteiger partial charge < -0.3 is 20.4 Å². The SMILES string of the molecule is CCNC(=NCCCN(CC)CC)NC1CCN(c2ncccc2F)C1. The standard InChI is InChI=1S/C19H33FN6/c1-4-21-19(23-12-8-13-25(5-2)6-3)24-16-10-14-26(15-16)18-17(20)9-7-11-22-18/h7,9,11,16H,4-6,8,10,12-15H2,1-3H3,(H2,21,23,24). The van der Waals surface area contributed by atoms with Gasteiger partial charge in [0.2, 0.25) is 0 Å². The third-order valence-electron chi connectivity index (χ3n) is 4.71. The van der Waals surface area contributed by atoms with Crippen LogP contribution in [0.2, 0.25) is 0 Å². The van der Waals surface area contributed by atoms with Crippen molar-refractivity contribution in [1.29, 1.82) is 0 Å². The van der Waals surface area contributed by atoms with Crippen LogP contribution in [0.1, 0.15) is 33.6 Å². The predicted octanol–water partition coefficient (Wildman–Crippen LogP) is 2.09. The summed E-state index contributed by atoms with van der Waals surface area (Å²) in [6.45, 7) is 12.9. The fraction of sp³-hybridized carbons (Fsp3) is 0.684. The Morgan fingerprint density at radius 2 is 2.19 bits per heavy atom. The Balaban J connectivity index is 1.84. The first-order valence-corrected chi connectivity index (χ1v) is 9.80. The number of nitrogens with zero attached hydrogens (tertiary/aromatic N) is 4. The van der Waals surface area contributed by atoms with Crippen molar-refractivity contribution in [3.63, 3.8) is 0 Å². The Bertz CT molecular complexity index is 561. The predicted molar refractivity (Wildman–Crippen MR) is 106 cm³/mol. The molecule has 2 N–H and O–H groups in total. The second-order valence-corrected chi connectivity index (χ2v) is 6.53. The summed E-state index contributed by atoms with van der Waals surface area (Å²) >= 11 is 0. The molecule has 0 bridgehead atoms. The molecule has 0 aromatic carbocycles. The summed E-state index contributed by atoms with van der Waals surface area (Å²) in [6, 6.07) is 3.33. The van der Waals surface area contributed by atoms with Gasteiger partial charge in [-0.3, -0.25) is 4.99 Å². The summed E-state index contributed by atoms with van der Waals surface area (Å²) in [4.78, 5) is 13.3. The minimum atomic E-state index is -0.259. The molecule has 26 heavy (non-hydrogen) atoms. The molecule has 6 nitrogen and oxygen atoms in total. The van der Waals surface area contributed by atoms with E-state index in [0.29, 0.717) is 5.82 Å². The van der Waals surface area contributed by atoms with E-state index < -0.39 is 0 Å². The minimum absolute atomic E-state index is 0.247. The molecule has 1 aromatic heterocycles. The molecule has 0 aliphatic carbocycles. The largest absolute Gasteiger partial charge is 0.357 e. The molecule has 0 saturated carbocycles. The van der Waals surface area contributed by atoms with Gasteiger partial charge >= 0.3 is 0 Å². The van der Waals surface area contributed by atoms with Crippen molar-refractivity contribution in [2.75, 3.05) is 50.7 Å². The van der Waals surface area contributed by atoms with E-state index in [4.69, 9.17) is 4.99 Å². The lowest BCUT2D eigenvalue weighted by molar-refractivity contribution is 0.302. The molecule has 1 aliphatic rings. The summed E-state index contributed by atoms with van der Waals surface area (Å²) in [6.07, 6.45) is 3.63. The van der Waals surface area contributed by atoms with Gasteiger partial charge in [0.1, 0.15) is 0 Å². The molecule has 2 heterocycles. The zero-order chi connectivity index (χ0) is 18.8. The summed E-state index contributed by atoms with van der Waals surface area (Å²) in [5.41, 5.74) is 0. The zero-order valence-electron chi connectivity index (χ0n) is 16.3. The van der Waals surface area contributed by atoms with Gasteiger partial charge in [-0.05, 0) is 51.5 Å². The van der Waals surface area contributed by atoms with Crippen molar-refractivity contribution in [1.82, 2.24) is 20.5 Å². The van der Waals surface area contributed by atoms with E-state index in [2.05, 4.69) is 41.3 Å². The van der Waals surface area contributed by atoms with Crippen LogP contribution < -0.4 is 15.5 Å². The van der Waals surface area contributed by atoms with Gasteiger partial charge in [-0.25, -0.2) is 9.37 Å². The highest BCUT2D eigenvalue weighted by Crippen LogP contribution is 2.20. The Hall–Kier alpha value is -1.89. The van der Waals surface area contributed by atoms with Crippen LogP contribution in [0.3, 0.4) is 0 Å². The number of hydrogen-bond donors (Lipinski definition) is 2. The van der Waals surface area contributed by atoms with Gasteiger partial charge in [0.25, 0.3) is 0 Å². The third kappa shape index (κ3) is 6.12. The number of anilines is 1. The maximum atomic E-state index is 13.9. The van der Waals surface area contributed by atoms with E-state index in [1.54, 1.807) is 12.3 Å². The summed E-state index contributed by atoms with van der Waals surface area (Å²) < 4.78 is 13.9. The van der Waals surface area contributed by atoms with Crippen LogP contribution in [0.5, 0.6) is 0 Å². The van der Waals surface area contributed by atoms with Crippen molar-refractivity contribution in [2.45, 2.75) is 39.7 Å². The molecular formula is C19H33FN6. The fourth-order valence-corrected chi connectivity index (χ4v) is 3.22. The zero-order valence-corrected chi connectivity index (χ0v) is 16.3. The molecule has 0 spiro atoms. The van der Waals surface area contributed by atoms with E-state index in [9.17, 15) is 4.39 Å². The smallest absolute Gasteiger partial charge is 0.191 e. The molecule has 146 valence electrons. The number of rotatable bonds is 9. The number of aromatic nitrogens is 1. The third-order valence-corrected chi connectivity index (χ3v) is 4.71. The minimum Gasteiger partial charge on any atom is -0.357 e. The van der Waals surface area contributed by atoms with E-state index in [0.717, 1.165) is 64.6 Å². The first kappa shape index (κ1) is 20.4. The molecular weight excluding hydrogens is 331 g/mol. The Morgan fingerprint density at radius 3 is 2.88 bits per heavy atom. The molecule has 1 saturated heterocycles. The molecule has 0 radical (unpaired) electrons. The molecule has 1 fully saturated rings. The average molecular weight is 365 g/mol. The van der Waals surface area contributed by atoms with E-state index in [1.165, 1.54) is 6.07 Å². The monoisotopic (exact) mass is 364 g/mol. The van der Waals surface area contributed by atoms with Gasteiger partial charge in [0.05, 0.1) is 0 Å². The van der Waals surface area contributed by atoms with Gasteiger partial charge in [-0.15, -0.1) is 0 Å². The van der Waals surface area contributed by atoms with Crippen LogP contribution in [0.4, 0.5) is 10.2 Å². The Labute approximate surface area is 156 Å². The van der Waals surface area contributed by atoms with Gasteiger partial charge in [-0.2, -0.15) is 0 Å². The number of hydrogen-bond acceptors (Lipinski definition) is 4. The van der Waals surface area contributed by atoms with Crippen LogP contribution in [0.15, 0.2) is 23.3 Å². The number of nitrogens with one attached hydrogen (secondary N) is 2. The summed E-state index contributed by atoms with van der Waals surface area (Å²) in [7, 11) is 0. The van der Waals surface area contributed by atoms with Crippen molar-refractivity contribution < 1.29 is 4.39 Å². The average Bonchev–Trinajstić information content (AvgIpc) is 3.10. The van der Waals surface area contributed by atoms with Crippen LogP contribution in [-0.4, -0.2) is 67.7 Å². The summed E-state index contributed by atoms with van der Waals surface area (Å²) in [5, 5.41) is 6.79. The Kier molecular flexibility index (Phi) is 8.61. The highest BCUT2D eigenvalue weighted by molar-refractivity contribution is 5.80. The lowest BCUT2D eigenvalue weighted by Gasteiger charge is -2.20. The fourth-order valence-electron chi connectivity index (χ4n) is 3.22. The summed E-state index contributed by atoms with van der Waals surface area (Å²) in [5.74, 6) is 1.03. The molecule has 7 heteroatoms. The highest BCUT2D eigenvalue weighted by atomic mass is 19.1. The molecule has 1 aliphatic heterocycles. The second-order valence-electron chi connectivity index (χ2n) is 6.53. The topological polar surface area (TPSA) is 55.8 Å². The molecule has 1 unspecified atom stereocenters. The lowest BCUT2D eigenvalue weighted by atomic mass is 10.3. The van der Waals surface area contributed by atoms with Crippen LogP contribution in [0.25, 0.3) is 0 Å². The molecule has 0 amide bonds. The van der Waals surface area contributed by atoms with Gasteiger partial charge in [0, 0.05) is 38.4 Å². The molecule has 2 rings (SSSR count). The maximum absolute atomic E-state index is 13.9. The molecule has 1 atom stereocenters. The Morgan fingerprint density at radius 1 is 1.38 bits per heavy atom. The van der Waals surface area contributed by atoms with E-state index in [-0.39, 0.29) is 11.9 Å². The number of aliphatic imine (C=N–C) groups is 1. The lowest BCUT2D eigenvalue weighted by Crippen LogP contribution is -2.44. The van der Waals surface area contributed by atoms with Crippen molar-refractivity contribution >= 4 is 11.8 Å². The van der Waals surface area contributed by atoms with Crippen LogP contribution in [-0.2, 0) is 0 Å².